The SMILES string of the molecule is C1CC(N2CCC3(CC2)CC3)CCO1.O=C(O)C(F)(F)F. The van der Waals surface area contributed by atoms with Crippen LogP contribution in [0.1, 0.15) is 38.5 Å². The summed E-state index contributed by atoms with van der Waals surface area (Å²) in [6.07, 6.45) is 3.46. The molecule has 1 N–H and O–H groups in total. The van der Waals surface area contributed by atoms with E-state index in [2.05, 4.69) is 4.90 Å². The maximum atomic E-state index is 10.6. The zero-order valence-corrected chi connectivity index (χ0v) is 12.0. The second-order valence-corrected chi connectivity index (χ2v) is 6.18. The van der Waals surface area contributed by atoms with Crippen LogP contribution in [0.3, 0.4) is 0 Å². The number of piperidine rings is 1. The van der Waals surface area contributed by atoms with Crippen LogP contribution in [0.4, 0.5) is 13.2 Å². The largest absolute Gasteiger partial charge is 0.490 e. The fraction of sp³-hybridized carbons (Fsp3) is 0.929. The Bertz CT molecular complexity index is 353. The summed E-state index contributed by atoms with van der Waals surface area (Å²) in [5, 5.41) is 7.12. The molecule has 0 aromatic rings. The molecular weight excluding hydrogens is 287 g/mol. The van der Waals surface area contributed by atoms with E-state index in [1.54, 1.807) is 0 Å². The Morgan fingerprint density at radius 2 is 1.57 bits per heavy atom. The number of carboxylic acid groups (broad SMARTS) is 1. The predicted molar refractivity (Wildman–Crippen MR) is 70.0 cm³/mol. The van der Waals surface area contributed by atoms with Gasteiger partial charge in [-0.15, -0.1) is 0 Å². The standard InChI is InChI=1S/C12H21NO.C2HF3O2/c1-9-14-10-2-11(1)13-7-5-12(3-4-12)6-8-13;3-2(4,5)1(6)7/h11H,1-10H2;(H,6,7). The highest BCUT2D eigenvalue weighted by Gasteiger charge is 2.45. The molecule has 1 spiro atoms. The molecule has 0 aromatic carbocycles. The molecule has 0 radical (unpaired) electrons. The van der Waals surface area contributed by atoms with Gasteiger partial charge < -0.3 is 14.7 Å². The smallest absolute Gasteiger partial charge is 0.475 e. The van der Waals surface area contributed by atoms with Crippen LogP contribution in [0, 0.1) is 5.41 Å². The van der Waals surface area contributed by atoms with Crippen molar-refractivity contribution in [2.75, 3.05) is 26.3 Å². The lowest BCUT2D eigenvalue weighted by molar-refractivity contribution is -0.192. The van der Waals surface area contributed by atoms with E-state index in [1.165, 1.54) is 51.6 Å². The monoisotopic (exact) mass is 309 g/mol. The second kappa shape index (κ2) is 6.52. The van der Waals surface area contributed by atoms with Crippen molar-refractivity contribution in [2.45, 2.75) is 50.7 Å². The van der Waals surface area contributed by atoms with Crippen LogP contribution in [0.15, 0.2) is 0 Å². The number of hydrogen-bond donors (Lipinski definition) is 1. The predicted octanol–water partition coefficient (Wildman–Crippen LogP) is 2.67. The topological polar surface area (TPSA) is 49.8 Å². The third-order valence-electron chi connectivity index (χ3n) is 4.77. The summed E-state index contributed by atoms with van der Waals surface area (Å²) in [6, 6.07) is 0.847. The Morgan fingerprint density at radius 1 is 1.10 bits per heavy atom. The molecule has 3 aliphatic rings. The number of hydrogen-bond acceptors (Lipinski definition) is 3. The highest BCUT2D eigenvalue weighted by molar-refractivity contribution is 5.73. The van der Waals surface area contributed by atoms with Crippen LogP contribution in [-0.4, -0.2) is 54.5 Å². The summed E-state index contributed by atoms with van der Waals surface area (Å²) in [5.74, 6) is -2.76. The van der Waals surface area contributed by atoms with Crippen LogP contribution in [0.2, 0.25) is 0 Å². The van der Waals surface area contributed by atoms with E-state index < -0.39 is 12.1 Å². The first-order valence-electron chi connectivity index (χ1n) is 7.44. The van der Waals surface area contributed by atoms with E-state index in [-0.39, 0.29) is 0 Å². The van der Waals surface area contributed by atoms with Gasteiger partial charge in [-0.05, 0) is 57.0 Å². The van der Waals surface area contributed by atoms with Crippen LogP contribution < -0.4 is 0 Å². The van der Waals surface area contributed by atoms with Gasteiger partial charge in [-0.2, -0.15) is 13.2 Å². The van der Waals surface area contributed by atoms with Gasteiger partial charge in [-0.25, -0.2) is 4.79 Å². The summed E-state index contributed by atoms with van der Waals surface area (Å²) >= 11 is 0. The van der Waals surface area contributed by atoms with E-state index >= 15 is 0 Å². The normalized spacial score (nSPS) is 26.0. The molecule has 7 heteroatoms. The first-order valence-corrected chi connectivity index (χ1v) is 7.44. The van der Waals surface area contributed by atoms with Crippen molar-refractivity contribution in [3.8, 4) is 0 Å². The number of nitrogens with zero attached hydrogens (tertiary/aromatic N) is 1. The van der Waals surface area contributed by atoms with Crippen LogP contribution in [0.5, 0.6) is 0 Å². The number of carboxylic acids is 1. The first-order chi connectivity index (χ1) is 9.82. The molecule has 0 unspecified atom stereocenters. The molecule has 3 fully saturated rings. The quantitative estimate of drug-likeness (QED) is 0.809. The lowest BCUT2D eigenvalue weighted by Gasteiger charge is -2.39. The Labute approximate surface area is 122 Å². The van der Waals surface area contributed by atoms with Crippen molar-refractivity contribution in [2.24, 2.45) is 5.41 Å². The third kappa shape index (κ3) is 4.85. The van der Waals surface area contributed by atoms with E-state index in [4.69, 9.17) is 14.6 Å². The van der Waals surface area contributed by atoms with Gasteiger partial charge in [-0.1, -0.05) is 0 Å². The molecule has 122 valence electrons. The molecule has 1 aliphatic carbocycles. The molecule has 0 atom stereocenters. The molecular formula is C14H22F3NO3. The molecule has 4 nitrogen and oxygen atoms in total. The van der Waals surface area contributed by atoms with Gasteiger partial charge in [0.2, 0.25) is 0 Å². The number of aliphatic carboxylic acids is 1. The highest BCUT2D eigenvalue weighted by Crippen LogP contribution is 2.53. The third-order valence-corrected chi connectivity index (χ3v) is 4.77. The molecule has 21 heavy (non-hydrogen) atoms. The van der Waals surface area contributed by atoms with E-state index in [0.29, 0.717) is 0 Å². The van der Waals surface area contributed by atoms with E-state index in [1.807, 2.05) is 0 Å². The summed E-state index contributed by atoms with van der Waals surface area (Å²) in [6.45, 7) is 4.72. The zero-order valence-electron chi connectivity index (χ0n) is 12.0. The fourth-order valence-electron chi connectivity index (χ4n) is 3.09. The first kappa shape index (κ1) is 16.5. The maximum absolute atomic E-state index is 10.6. The second-order valence-electron chi connectivity index (χ2n) is 6.18. The van der Waals surface area contributed by atoms with Crippen LogP contribution in [-0.2, 0) is 9.53 Å². The minimum atomic E-state index is -5.08. The van der Waals surface area contributed by atoms with Crippen molar-refractivity contribution < 1.29 is 27.8 Å². The minimum Gasteiger partial charge on any atom is -0.475 e. The van der Waals surface area contributed by atoms with Gasteiger partial charge in [-0.3, -0.25) is 0 Å². The van der Waals surface area contributed by atoms with Crippen molar-refractivity contribution in [1.29, 1.82) is 0 Å². The Hall–Kier alpha value is -0.820. The molecule has 3 rings (SSSR count). The number of alkyl halides is 3. The Balaban J connectivity index is 0.000000199. The van der Waals surface area contributed by atoms with E-state index in [0.717, 1.165) is 24.7 Å². The summed E-state index contributed by atoms with van der Waals surface area (Å²) in [5.41, 5.74) is 0.835. The molecule has 2 saturated heterocycles. The van der Waals surface area contributed by atoms with Gasteiger partial charge >= 0.3 is 12.1 Å². The molecule has 2 heterocycles. The van der Waals surface area contributed by atoms with Crippen LogP contribution in [0.25, 0.3) is 0 Å². The molecule has 2 aliphatic heterocycles. The molecule has 0 amide bonds. The summed E-state index contributed by atoms with van der Waals surface area (Å²) in [4.78, 5) is 11.6. The van der Waals surface area contributed by atoms with E-state index in [9.17, 15) is 13.2 Å². The summed E-state index contributed by atoms with van der Waals surface area (Å²) in [7, 11) is 0. The van der Waals surface area contributed by atoms with Gasteiger partial charge in [0.15, 0.2) is 0 Å². The number of rotatable bonds is 1. The lowest BCUT2D eigenvalue weighted by Crippen LogP contribution is -2.44. The Kier molecular flexibility index (Phi) is 5.14. The highest BCUT2D eigenvalue weighted by atomic mass is 19.4. The summed E-state index contributed by atoms with van der Waals surface area (Å²) < 4.78 is 37.2. The minimum absolute atomic E-state index is 0.835. The number of carbonyl (C=O) groups is 1. The molecule has 1 saturated carbocycles. The van der Waals surface area contributed by atoms with Crippen LogP contribution >= 0.6 is 0 Å². The van der Waals surface area contributed by atoms with Crippen molar-refractivity contribution >= 4 is 5.97 Å². The van der Waals surface area contributed by atoms with Gasteiger partial charge in [0.25, 0.3) is 0 Å². The van der Waals surface area contributed by atoms with Gasteiger partial charge in [0, 0.05) is 19.3 Å². The lowest BCUT2D eigenvalue weighted by atomic mass is 9.92. The van der Waals surface area contributed by atoms with Gasteiger partial charge in [0.05, 0.1) is 0 Å². The zero-order chi connectivity index (χ0) is 15.5. The molecule has 0 aromatic heterocycles. The van der Waals surface area contributed by atoms with Crippen molar-refractivity contribution in [1.82, 2.24) is 4.90 Å². The number of likely N-dealkylation sites (tertiary alicyclic amines) is 1. The number of ether oxygens (including phenoxy) is 1. The van der Waals surface area contributed by atoms with Crippen molar-refractivity contribution in [3.63, 3.8) is 0 Å². The maximum Gasteiger partial charge on any atom is 0.490 e. The average Bonchev–Trinajstić information content (AvgIpc) is 3.20. The number of halogens is 3. The Morgan fingerprint density at radius 3 is 1.95 bits per heavy atom. The average molecular weight is 309 g/mol. The molecule has 0 bridgehead atoms. The van der Waals surface area contributed by atoms with Crippen molar-refractivity contribution in [3.05, 3.63) is 0 Å². The van der Waals surface area contributed by atoms with Gasteiger partial charge in [0.1, 0.15) is 0 Å². The fourth-order valence-corrected chi connectivity index (χ4v) is 3.09.